The van der Waals surface area contributed by atoms with E-state index in [1.807, 2.05) is 24.9 Å². The van der Waals surface area contributed by atoms with Gasteiger partial charge in [-0.1, -0.05) is 6.07 Å². The number of amides is 2. The Kier molecular flexibility index (Phi) is 7.02. The van der Waals surface area contributed by atoms with E-state index in [-0.39, 0.29) is 18.1 Å². The number of piperidine rings is 1. The number of carbonyl (C=O) groups excluding carboxylic acids is 1. The van der Waals surface area contributed by atoms with Crippen molar-refractivity contribution in [3.63, 3.8) is 0 Å². The lowest BCUT2D eigenvalue weighted by molar-refractivity contribution is 0.231. The number of carbonyl (C=O) groups is 1. The Hall–Kier alpha value is -1.43. The summed E-state index contributed by atoms with van der Waals surface area (Å²) in [5.41, 5.74) is 1.18. The van der Waals surface area contributed by atoms with Gasteiger partial charge in [-0.2, -0.15) is 11.8 Å². The summed E-state index contributed by atoms with van der Waals surface area (Å²) in [6.45, 7) is 5.97. The van der Waals surface area contributed by atoms with E-state index in [0.29, 0.717) is 0 Å². The molecule has 2 N–H and O–H groups in total. The number of hydrogen-bond acceptors (Lipinski definition) is 4. The molecule has 5 nitrogen and oxygen atoms in total. The molecule has 2 heterocycles. The molecular formula is C17H28N4OS. The summed E-state index contributed by atoms with van der Waals surface area (Å²) < 4.78 is 0. The first kappa shape index (κ1) is 17.9. The Morgan fingerprint density at radius 1 is 1.43 bits per heavy atom. The second kappa shape index (κ2) is 9.01. The molecule has 0 aliphatic carbocycles. The molecule has 1 unspecified atom stereocenters. The fourth-order valence-electron chi connectivity index (χ4n) is 2.72. The molecule has 2 amide bonds. The zero-order valence-electron chi connectivity index (χ0n) is 14.3. The highest BCUT2D eigenvalue weighted by molar-refractivity contribution is 7.98. The normalized spacial score (nSPS) is 16.9. The topological polar surface area (TPSA) is 57.3 Å². The van der Waals surface area contributed by atoms with Crippen LogP contribution in [0.4, 0.5) is 10.6 Å². The minimum atomic E-state index is -0.0366. The predicted octanol–water partition coefficient (Wildman–Crippen LogP) is 2.80. The number of rotatable bonds is 6. The Balaban J connectivity index is 1.72. The van der Waals surface area contributed by atoms with Gasteiger partial charge in [-0.15, -0.1) is 0 Å². The number of anilines is 1. The molecule has 6 heteroatoms. The largest absolute Gasteiger partial charge is 0.356 e. The SMILES string of the molecule is CSCCC(C)NC(=O)NC1CCN(c2ccc(C)cn2)CC1. The molecule has 1 atom stereocenters. The van der Waals surface area contributed by atoms with Crippen LogP contribution in [0.2, 0.25) is 0 Å². The van der Waals surface area contributed by atoms with Crippen LogP contribution in [-0.4, -0.2) is 48.2 Å². The number of aryl methyl sites for hydroxylation is 1. The molecule has 1 saturated heterocycles. The van der Waals surface area contributed by atoms with Gasteiger partial charge in [0.25, 0.3) is 0 Å². The van der Waals surface area contributed by atoms with Crippen molar-refractivity contribution in [2.24, 2.45) is 0 Å². The summed E-state index contributed by atoms with van der Waals surface area (Å²) in [5, 5.41) is 6.13. The van der Waals surface area contributed by atoms with E-state index in [0.717, 1.165) is 43.9 Å². The number of thioether (sulfide) groups is 1. The third-order valence-corrected chi connectivity index (χ3v) is 4.83. The van der Waals surface area contributed by atoms with E-state index in [1.165, 1.54) is 5.56 Å². The summed E-state index contributed by atoms with van der Waals surface area (Å²) in [6.07, 6.45) is 6.92. The summed E-state index contributed by atoms with van der Waals surface area (Å²) >= 11 is 1.81. The lowest BCUT2D eigenvalue weighted by Gasteiger charge is -2.33. The van der Waals surface area contributed by atoms with E-state index in [1.54, 1.807) is 0 Å². The van der Waals surface area contributed by atoms with Crippen LogP contribution in [0.3, 0.4) is 0 Å². The van der Waals surface area contributed by atoms with Gasteiger partial charge < -0.3 is 15.5 Å². The number of aromatic nitrogens is 1. The first-order valence-corrected chi connectivity index (χ1v) is 9.71. The van der Waals surface area contributed by atoms with Gasteiger partial charge in [0, 0.05) is 31.4 Å². The van der Waals surface area contributed by atoms with Crippen molar-refractivity contribution in [2.45, 2.75) is 45.2 Å². The zero-order chi connectivity index (χ0) is 16.7. The third kappa shape index (κ3) is 5.94. The molecule has 0 spiro atoms. The standard InChI is InChI=1S/C17H28N4OS/c1-13-4-5-16(18-12-13)21-9-6-15(7-10-21)20-17(22)19-14(2)8-11-23-3/h4-5,12,14-15H,6-11H2,1-3H3,(H2,19,20,22). The highest BCUT2D eigenvalue weighted by atomic mass is 32.2. The van der Waals surface area contributed by atoms with Crippen molar-refractivity contribution < 1.29 is 4.79 Å². The summed E-state index contributed by atoms with van der Waals surface area (Å²) in [6, 6.07) is 4.61. The Bertz CT molecular complexity index is 486. The molecule has 1 aromatic rings. The summed E-state index contributed by atoms with van der Waals surface area (Å²) in [5.74, 6) is 2.10. The number of pyridine rings is 1. The van der Waals surface area contributed by atoms with Gasteiger partial charge in [0.15, 0.2) is 0 Å². The molecule has 1 fully saturated rings. The number of nitrogens with zero attached hydrogens (tertiary/aromatic N) is 2. The minimum absolute atomic E-state index is 0.0366. The average molecular weight is 337 g/mol. The van der Waals surface area contributed by atoms with Crippen LogP contribution in [0, 0.1) is 6.92 Å². The lowest BCUT2D eigenvalue weighted by atomic mass is 10.1. The van der Waals surface area contributed by atoms with Crippen LogP contribution in [0.15, 0.2) is 18.3 Å². The minimum Gasteiger partial charge on any atom is -0.356 e. The predicted molar refractivity (Wildman–Crippen MR) is 98.3 cm³/mol. The smallest absolute Gasteiger partial charge is 0.315 e. The van der Waals surface area contributed by atoms with Crippen molar-refractivity contribution in [3.8, 4) is 0 Å². The van der Waals surface area contributed by atoms with Crippen LogP contribution in [-0.2, 0) is 0 Å². The summed E-state index contributed by atoms with van der Waals surface area (Å²) in [7, 11) is 0. The highest BCUT2D eigenvalue weighted by Crippen LogP contribution is 2.18. The molecule has 0 saturated carbocycles. The lowest BCUT2D eigenvalue weighted by Crippen LogP contribution is -2.49. The van der Waals surface area contributed by atoms with Crippen LogP contribution >= 0.6 is 11.8 Å². The molecule has 1 aliphatic heterocycles. The van der Waals surface area contributed by atoms with Gasteiger partial charge in [-0.25, -0.2) is 9.78 Å². The maximum atomic E-state index is 12.0. The zero-order valence-corrected chi connectivity index (χ0v) is 15.2. The van der Waals surface area contributed by atoms with Crippen LogP contribution in [0.25, 0.3) is 0 Å². The van der Waals surface area contributed by atoms with Gasteiger partial charge in [-0.3, -0.25) is 0 Å². The molecule has 1 aliphatic rings. The average Bonchev–Trinajstić information content (AvgIpc) is 2.54. The number of hydrogen-bond donors (Lipinski definition) is 2. The Morgan fingerprint density at radius 3 is 2.78 bits per heavy atom. The van der Waals surface area contributed by atoms with Crippen molar-refractivity contribution in [3.05, 3.63) is 23.9 Å². The molecule has 1 aromatic heterocycles. The fourth-order valence-corrected chi connectivity index (χ4v) is 3.31. The van der Waals surface area contributed by atoms with Crippen LogP contribution in [0.5, 0.6) is 0 Å². The molecular weight excluding hydrogens is 308 g/mol. The van der Waals surface area contributed by atoms with E-state index in [9.17, 15) is 4.79 Å². The summed E-state index contributed by atoms with van der Waals surface area (Å²) in [4.78, 5) is 18.8. The van der Waals surface area contributed by atoms with Crippen molar-refractivity contribution >= 4 is 23.6 Å². The van der Waals surface area contributed by atoms with Gasteiger partial charge in [0.05, 0.1) is 0 Å². The van der Waals surface area contributed by atoms with E-state index in [4.69, 9.17) is 0 Å². The fraction of sp³-hybridized carbons (Fsp3) is 0.647. The molecule has 0 radical (unpaired) electrons. The first-order valence-electron chi connectivity index (χ1n) is 8.32. The van der Waals surface area contributed by atoms with Gasteiger partial charge in [0.2, 0.25) is 0 Å². The van der Waals surface area contributed by atoms with Crippen LogP contribution < -0.4 is 15.5 Å². The third-order valence-electron chi connectivity index (χ3n) is 4.18. The second-order valence-electron chi connectivity index (χ2n) is 6.26. The molecule has 23 heavy (non-hydrogen) atoms. The Morgan fingerprint density at radius 2 is 2.17 bits per heavy atom. The van der Waals surface area contributed by atoms with E-state index in [2.05, 4.69) is 45.8 Å². The molecule has 2 rings (SSSR count). The molecule has 0 aromatic carbocycles. The van der Waals surface area contributed by atoms with Gasteiger partial charge in [-0.05, 0) is 56.7 Å². The maximum absolute atomic E-state index is 12.0. The van der Waals surface area contributed by atoms with Crippen LogP contribution in [0.1, 0.15) is 31.7 Å². The van der Waals surface area contributed by atoms with Crippen molar-refractivity contribution in [1.29, 1.82) is 0 Å². The van der Waals surface area contributed by atoms with Crippen molar-refractivity contribution in [1.82, 2.24) is 15.6 Å². The Labute approximate surface area is 143 Å². The van der Waals surface area contributed by atoms with E-state index >= 15 is 0 Å². The van der Waals surface area contributed by atoms with Crippen molar-refractivity contribution in [2.75, 3.05) is 30.0 Å². The first-order chi connectivity index (χ1) is 11.1. The van der Waals surface area contributed by atoms with E-state index < -0.39 is 0 Å². The molecule has 0 bridgehead atoms. The quantitative estimate of drug-likeness (QED) is 0.839. The monoisotopic (exact) mass is 336 g/mol. The second-order valence-corrected chi connectivity index (χ2v) is 7.24. The molecule has 128 valence electrons. The van der Waals surface area contributed by atoms with Gasteiger partial charge in [0.1, 0.15) is 5.82 Å². The maximum Gasteiger partial charge on any atom is 0.315 e. The number of nitrogens with one attached hydrogen (secondary N) is 2. The van der Waals surface area contributed by atoms with Gasteiger partial charge >= 0.3 is 6.03 Å². The highest BCUT2D eigenvalue weighted by Gasteiger charge is 2.21. The number of urea groups is 1.